The first-order valence-electron chi connectivity index (χ1n) is 8.55. The molecule has 1 aromatic rings. The van der Waals surface area contributed by atoms with Crippen LogP contribution in [0, 0.1) is 0 Å². The van der Waals surface area contributed by atoms with Crippen molar-refractivity contribution < 1.29 is 19.4 Å². The van der Waals surface area contributed by atoms with Gasteiger partial charge in [-0.3, -0.25) is 9.69 Å². The Hall–Kier alpha value is -1.92. The summed E-state index contributed by atoms with van der Waals surface area (Å²) in [6.45, 7) is 0.447. The molecular formula is C18H24N2O4. The molecule has 1 aromatic carbocycles. The molecule has 1 saturated heterocycles. The van der Waals surface area contributed by atoms with E-state index >= 15 is 0 Å². The second kappa shape index (κ2) is 7.32. The third-order valence-corrected chi connectivity index (χ3v) is 4.77. The number of aliphatic hydroxyl groups excluding tert-OH is 1. The lowest BCUT2D eigenvalue weighted by Crippen LogP contribution is -2.48. The van der Waals surface area contributed by atoms with E-state index in [1.54, 1.807) is 0 Å². The Morgan fingerprint density at radius 1 is 1.17 bits per heavy atom. The summed E-state index contributed by atoms with van der Waals surface area (Å²) in [5.74, 6) is -0.200. The van der Waals surface area contributed by atoms with Gasteiger partial charge in [0, 0.05) is 0 Å². The summed E-state index contributed by atoms with van der Waals surface area (Å²) in [5, 5.41) is 13.0. The number of ether oxygens (including phenoxy) is 1. The molecular weight excluding hydrogens is 308 g/mol. The number of β-amino-alcohol motifs (C(OH)–C–C–N with tert-alkyl or cyclic N) is 1. The largest absolute Gasteiger partial charge is 0.389 e. The fraction of sp³-hybridized carbons (Fsp3) is 0.556. The van der Waals surface area contributed by atoms with Crippen LogP contribution in [0.2, 0.25) is 0 Å². The summed E-state index contributed by atoms with van der Waals surface area (Å²) in [5.41, 5.74) is 0.279. The maximum absolute atomic E-state index is 12.6. The molecule has 0 aromatic heterocycles. The Morgan fingerprint density at radius 3 is 2.58 bits per heavy atom. The summed E-state index contributed by atoms with van der Waals surface area (Å²) in [7, 11) is 0. The molecule has 6 nitrogen and oxygen atoms in total. The number of carbonyl (C=O) groups excluding carboxylic acids is 2. The summed E-state index contributed by atoms with van der Waals surface area (Å²) >= 11 is 0. The topological polar surface area (TPSA) is 78.9 Å². The first-order chi connectivity index (χ1) is 11.6. The maximum atomic E-state index is 12.6. The second-order valence-electron chi connectivity index (χ2n) is 6.64. The van der Waals surface area contributed by atoms with E-state index in [-0.39, 0.29) is 19.1 Å². The number of rotatable bonds is 6. The molecule has 1 aliphatic carbocycles. The molecule has 1 aliphatic heterocycles. The van der Waals surface area contributed by atoms with Crippen molar-refractivity contribution in [2.45, 2.75) is 50.4 Å². The van der Waals surface area contributed by atoms with E-state index in [9.17, 15) is 14.7 Å². The van der Waals surface area contributed by atoms with Crippen LogP contribution in [0.25, 0.3) is 0 Å². The zero-order chi connectivity index (χ0) is 17.0. The van der Waals surface area contributed by atoms with E-state index in [4.69, 9.17) is 4.74 Å². The van der Waals surface area contributed by atoms with Crippen LogP contribution in [0.4, 0.5) is 4.79 Å². The van der Waals surface area contributed by atoms with Gasteiger partial charge in [-0.2, -0.15) is 0 Å². The minimum absolute atomic E-state index is 0.0266. The Balaban J connectivity index is 1.49. The van der Waals surface area contributed by atoms with Crippen molar-refractivity contribution in [3.8, 4) is 0 Å². The van der Waals surface area contributed by atoms with E-state index < -0.39 is 17.7 Å². The van der Waals surface area contributed by atoms with Crippen molar-refractivity contribution in [2.24, 2.45) is 0 Å². The van der Waals surface area contributed by atoms with E-state index in [1.165, 1.54) is 0 Å². The van der Waals surface area contributed by atoms with E-state index in [0.29, 0.717) is 19.4 Å². The zero-order valence-corrected chi connectivity index (χ0v) is 13.7. The molecule has 2 aliphatic rings. The summed E-state index contributed by atoms with van der Waals surface area (Å²) < 4.78 is 5.48. The first-order valence-corrected chi connectivity index (χ1v) is 8.55. The van der Waals surface area contributed by atoms with Crippen LogP contribution >= 0.6 is 0 Å². The molecule has 1 spiro atoms. The molecule has 1 saturated carbocycles. The highest BCUT2D eigenvalue weighted by Gasteiger charge is 2.51. The van der Waals surface area contributed by atoms with Gasteiger partial charge in [-0.05, 0) is 18.4 Å². The van der Waals surface area contributed by atoms with Crippen molar-refractivity contribution in [3.63, 3.8) is 0 Å². The van der Waals surface area contributed by atoms with Gasteiger partial charge in [0.25, 0.3) is 5.91 Å². The molecule has 0 bridgehead atoms. The van der Waals surface area contributed by atoms with Crippen molar-refractivity contribution in [2.75, 3.05) is 13.2 Å². The van der Waals surface area contributed by atoms with Crippen LogP contribution in [0.1, 0.15) is 37.7 Å². The van der Waals surface area contributed by atoms with Gasteiger partial charge in [-0.1, -0.05) is 49.6 Å². The van der Waals surface area contributed by atoms with E-state index in [2.05, 4.69) is 5.32 Å². The van der Waals surface area contributed by atoms with Crippen LogP contribution in [0.3, 0.4) is 0 Å². The zero-order valence-electron chi connectivity index (χ0n) is 13.7. The first kappa shape index (κ1) is 16.9. The van der Waals surface area contributed by atoms with Gasteiger partial charge in [0.15, 0.2) is 0 Å². The second-order valence-corrected chi connectivity index (χ2v) is 6.64. The minimum atomic E-state index is -0.887. The number of hydrogen-bond acceptors (Lipinski definition) is 4. The molecule has 0 radical (unpaired) electrons. The predicted octanol–water partition coefficient (Wildman–Crippen LogP) is 1.82. The van der Waals surface area contributed by atoms with Crippen molar-refractivity contribution in [3.05, 3.63) is 35.9 Å². The number of nitrogens with zero attached hydrogens (tertiary/aromatic N) is 1. The third-order valence-electron chi connectivity index (χ3n) is 4.77. The summed E-state index contributed by atoms with van der Waals surface area (Å²) in [6.07, 6.45) is 3.48. The number of carbonyl (C=O) groups is 2. The van der Waals surface area contributed by atoms with E-state index in [0.717, 1.165) is 29.7 Å². The smallest absolute Gasteiger partial charge is 0.325 e. The lowest BCUT2D eigenvalue weighted by molar-refractivity contribution is -0.133. The highest BCUT2D eigenvalue weighted by Crippen LogP contribution is 2.33. The Bertz CT molecular complexity index is 584. The average molecular weight is 332 g/mol. The Morgan fingerprint density at radius 2 is 1.88 bits per heavy atom. The number of benzene rings is 1. The fourth-order valence-electron chi connectivity index (χ4n) is 3.49. The van der Waals surface area contributed by atoms with Crippen molar-refractivity contribution in [1.29, 1.82) is 0 Å². The fourth-order valence-corrected chi connectivity index (χ4v) is 3.49. The molecule has 3 rings (SSSR count). The molecule has 24 heavy (non-hydrogen) atoms. The lowest BCUT2D eigenvalue weighted by Gasteiger charge is -2.30. The molecule has 1 heterocycles. The average Bonchev–Trinajstić information content (AvgIpc) is 2.81. The van der Waals surface area contributed by atoms with Crippen LogP contribution < -0.4 is 5.32 Å². The standard InChI is InChI=1S/C18H24N2O4/c21-15(13-24-12-14-7-3-1-4-8-14)11-20-16(22)18(19-17(20)23)9-5-2-6-10-18/h1,3-4,7-8,15,21H,2,5-6,9-13H2,(H,19,23)/t15-/m0/s1. The molecule has 3 amide bonds. The molecule has 130 valence electrons. The molecule has 1 atom stereocenters. The predicted molar refractivity (Wildman–Crippen MR) is 88.2 cm³/mol. The third kappa shape index (κ3) is 3.60. The SMILES string of the molecule is O=C1NC2(CCCCC2)C(=O)N1C[C@H](O)COCc1ccccc1. The van der Waals surface area contributed by atoms with Gasteiger partial charge < -0.3 is 15.2 Å². The maximum Gasteiger partial charge on any atom is 0.325 e. The van der Waals surface area contributed by atoms with Gasteiger partial charge in [-0.25, -0.2) is 4.79 Å². The van der Waals surface area contributed by atoms with Crippen LogP contribution in [-0.2, 0) is 16.1 Å². The van der Waals surface area contributed by atoms with Gasteiger partial charge in [0.05, 0.1) is 25.9 Å². The van der Waals surface area contributed by atoms with Gasteiger partial charge in [0.2, 0.25) is 0 Å². The number of imide groups is 1. The van der Waals surface area contributed by atoms with Crippen LogP contribution in [0.5, 0.6) is 0 Å². The van der Waals surface area contributed by atoms with Gasteiger partial charge in [-0.15, -0.1) is 0 Å². The van der Waals surface area contributed by atoms with Crippen LogP contribution in [0.15, 0.2) is 30.3 Å². The van der Waals surface area contributed by atoms with Gasteiger partial charge >= 0.3 is 6.03 Å². The summed E-state index contributed by atoms with van der Waals surface area (Å²) in [4.78, 5) is 25.9. The molecule has 6 heteroatoms. The van der Waals surface area contributed by atoms with E-state index in [1.807, 2.05) is 30.3 Å². The number of urea groups is 1. The lowest BCUT2D eigenvalue weighted by atomic mass is 9.82. The van der Waals surface area contributed by atoms with Crippen molar-refractivity contribution in [1.82, 2.24) is 10.2 Å². The highest BCUT2D eigenvalue weighted by molar-refractivity contribution is 6.07. The minimum Gasteiger partial charge on any atom is -0.389 e. The number of hydrogen-bond donors (Lipinski definition) is 2. The summed E-state index contributed by atoms with van der Waals surface area (Å²) in [6, 6.07) is 9.26. The molecule has 0 unspecified atom stereocenters. The Kier molecular flexibility index (Phi) is 5.16. The van der Waals surface area contributed by atoms with Gasteiger partial charge in [0.1, 0.15) is 5.54 Å². The molecule has 2 N–H and O–H groups in total. The monoisotopic (exact) mass is 332 g/mol. The normalized spacial score (nSPS) is 21.1. The Labute approximate surface area is 141 Å². The quantitative estimate of drug-likeness (QED) is 0.779. The van der Waals surface area contributed by atoms with Crippen molar-refractivity contribution >= 4 is 11.9 Å². The highest BCUT2D eigenvalue weighted by atomic mass is 16.5. The number of nitrogens with one attached hydrogen (secondary N) is 1. The number of aliphatic hydroxyl groups is 1. The number of amides is 3. The molecule has 2 fully saturated rings. The van der Waals surface area contributed by atoms with Crippen LogP contribution in [-0.4, -0.2) is 46.7 Å².